The van der Waals surface area contributed by atoms with Gasteiger partial charge in [-0.2, -0.15) is 5.26 Å². The monoisotopic (exact) mass is 613 g/mol. The summed E-state index contributed by atoms with van der Waals surface area (Å²) < 4.78 is 5.64. The topological polar surface area (TPSA) is 45.4 Å². The average Bonchev–Trinajstić information content (AvgIpc) is 3.36. The predicted octanol–water partition coefficient (Wildman–Crippen LogP) is 12.5. The van der Waals surface area contributed by atoms with E-state index in [2.05, 4.69) is 39.3 Å². The first-order valence-corrected chi connectivity index (χ1v) is 18.8. The number of aliphatic imine (C=N–C) groups is 1. The molecule has 4 fully saturated rings. The van der Waals surface area contributed by atoms with Gasteiger partial charge in [-0.25, -0.2) is 0 Å². The lowest BCUT2D eigenvalue weighted by Gasteiger charge is -2.56. The minimum absolute atomic E-state index is 0.427. The molecule has 256 valence electrons. The van der Waals surface area contributed by atoms with Crippen LogP contribution in [0.5, 0.6) is 0 Å². The standard InChI is InChI=1S/C29H50O.C6H8N2.3C2H6/c1-7-29-17-14-24-23-13-16-28(5,19-30-6)15-12-22(23)8-9-25(24)27(29)11-10-26(29)21(4)18-20(2)3;1-3-6(4-7)5-8-2;3*1-2/h20,22-27H,4,7-19H2,1-3,5-6H3;3,5H,1-2H3;3*1-2H3/b;6-3-,8-5?;;;/t22?,23?,24?,25?,26?,27?,28-,29?;;;;/m1..../s1. The van der Waals surface area contributed by atoms with Crippen molar-refractivity contribution in [3.05, 3.63) is 23.8 Å². The zero-order chi connectivity index (χ0) is 33.9. The fourth-order valence-corrected chi connectivity index (χ4v) is 9.79. The Morgan fingerprint density at radius 1 is 0.932 bits per heavy atom. The Hall–Kier alpha value is -1.40. The zero-order valence-corrected chi connectivity index (χ0v) is 31.9. The maximum absolute atomic E-state index is 8.25. The normalized spacial score (nSPS) is 34.0. The van der Waals surface area contributed by atoms with Gasteiger partial charge in [-0.3, -0.25) is 4.99 Å². The molecular formula is C41H76N2O. The SMILES string of the molecule is C/C=C(/C#N)C=NC.C=C(CC(C)C)C1CCC2C3CCC4CC[C@@](C)(COC)CCC4C3CCC12CC.CC.CC.CC. The summed E-state index contributed by atoms with van der Waals surface area (Å²) in [4.78, 5) is 3.66. The van der Waals surface area contributed by atoms with Crippen molar-refractivity contribution in [1.29, 1.82) is 5.26 Å². The largest absolute Gasteiger partial charge is 0.384 e. The van der Waals surface area contributed by atoms with Crippen molar-refractivity contribution in [2.75, 3.05) is 20.8 Å². The first-order valence-electron chi connectivity index (χ1n) is 18.8. The number of nitrogens with zero attached hydrogens (tertiary/aromatic N) is 2. The summed E-state index contributed by atoms with van der Waals surface area (Å²) in [5.41, 5.74) is 3.23. The van der Waals surface area contributed by atoms with Crippen LogP contribution in [0, 0.1) is 63.6 Å². The van der Waals surface area contributed by atoms with Crippen molar-refractivity contribution in [1.82, 2.24) is 0 Å². The van der Waals surface area contributed by atoms with Gasteiger partial charge in [0.1, 0.15) is 6.07 Å². The Bertz CT molecular complexity index is 882. The Balaban J connectivity index is 0.00000113. The second kappa shape index (κ2) is 22.2. The Morgan fingerprint density at radius 3 is 2.05 bits per heavy atom. The smallest absolute Gasteiger partial charge is 0.100 e. The molecular weight excluding hydrogens is 536 g/mol. The zero-order valence-electron chi connectivity index (χ0n) is 31.9. The first kappa shape index (κ1) is 42.6. The number of hydrogen-bond acceptors (Lipinski definition) is 3. The summed E-state index contributed by atoms with van der Waals surface area (Å²) in [6.45, 7) is 29.2. The van der Waals surface area contributed by atoms with Crippen molar-refractivity contribution in [2.45, 2.75) is 153 Å². The number of methoxy groups -OCH3 is 1. The number of ether oxygens (including phenoxy) is 1. The molecule has 0 aromatic rings. The van der Waals surface area contributed by atoms with Crippen LogP contribution < -0.4 is 0 Å². The van der Waals surface area contributed by atoms with Gasteiger partial charge in [-0.1, -0.05) is 87.5 Å². The van der Waals surface area contributed by atoms with Gasteiger partial charge >= 0.3 is 0 Å². The minimum atomic E-state index is 0.427. The van der Waals surface area contributed by atoms with Crippen LogP contribution in [0.1, 0.15) is 153 Å². The highest BCUT2D eigenvalue weighted by atomic mass is 16.5. The molecule has 44 heavy (non-hydrogen) atoms. The van der Waals surface area contributed by atoms with Crippen LogP contribution in [0.4, 0.5) is 0 Å². The molecule has 4 saturated carbocycles. The van der Waals surface area contributed by atoms with Crippen molar-refractivity contribution >= 4 is 6.21 Å². The van der Waals surface area contributed by atoms with E-state index in [1.54, 1.807) is 25.6 Å². The van der Waals surface area contributed by atoms with E-state index in [1.165, 1.54) is 83.3 Å². The van der Waals surface area contributed by atoms with Crippen molar-refractivity contribution in [2.24, 2.45) is 57.2 Å². The van der Waals surface area contributed by atoms with E-state index in [0.717, 1.165) is 48.0 Å². The molecule has 0 aromatic carbocycles. The van der Waals surface area contributed by atoms with Gasteiger partial charge in [-0.15, -0.1) is 0 Å². The molecule has 4 aliphatic rings. The van der Waals surface area contributed by atoms with Crippen LogP contribution in [0.2, 0.25) is 0 Å². The summed E-state index contributed by atoms with van der Waals surface area (Å²) in [6.07, 6.45) is 20.6. The van der Waals surface area contributed by atoms with Crippen LogP contribution in [0.3, 0.4) is 0 Å². The van der Waals surface area contributed by atoms with E-state index in [1.807, 2.05) is 54.7 Å². The van der Waals surface area contributed by atoms with E-state index >= 15 is 0 Å². The molecule has 4 aliphatic carbocycles. The number of fused-ring (bicyclic) bond motifs is 5. The number of hydrogen-bond donors (Lipinski definition) is 0. The van der Waals surface area contributed by atoms with E-state index in [4.69, 9.17) is 10.00 Å². The summed E-state index contributed by atoms with van der Waals surface area (Å²) >= 11 is 0. The third-order valence-electron chi connectivity index (χ3n) is 11.5. The van der Waals surface area contributed by atoms with Crippen LogP contribution in [0.25, 0.3) is 0 Å². The molecule has 4 rings (SSSR count). The van der Waals surface area contributed by atoms with Gasteiger partial charge in [0, 0.05) is 20.4 Å². The summed E-state index contributed by atoms with van der Waals surface area (Å²) in [6, 6.07) is 1.96. The quantitative estimate of drug-likeness (QED) is 0.163. The maximum Gasteiger partial charge on any atom is 0.100 e. The lowest BCUT2D eigenvalue weighted by molar-refractivity contribution is -0.0596. The lowest BCUT2D eigenvalue weighted by Crippen LogP contribution is -2.48. The van der Waals surface area contributed by atoms with Crippen LogP contribution in [-0.2, 0) is 4.74 Å². The third-order valence-corrected chi connectivity index (χ3v) is 11.5. The van der Waals surface area contributed by atoms with Gasteiger partial charge in [0.15, 0.2) is 0 Å². The molecule has 0 N–H and O–H groups in total. The molecule has 0 amide bonds. The predicted molar refractivity (Wildman–Crippen MR) is 196 cm³/mol. The Kier molecular flexibility index (Phi) is 21.5. The van der Waals surface area contributed by atoms with Crippen molar-refractivity contribution in [3.63, 3.8) is 0 Å². The van der Waals surface area contributed by atoms with Gasteiger partial charge in [0.2, 0.25) is 0 Å². The van der Waals surface area contributed by atoms with E-state index in [-0.39, 0.29) is 0 Å². The number of nitriles is 1. The highest BCUT2D eigenvalue weighted by Crippen LogP contribution is 2.67. The minimum Gasteiger partial charge on any atom is -0.384 e. The summed E-state index contributed by atoms with van der Waals surface area (Å²) in [5, 5.41) is 8.25. The van der Waals surface area contributed by atoms with Gasteiger partial charge in [-0.05, 0) is 136 Å². The molecule has 0 heterocycles. The highest BCUT2D eigenvalue weighted by Gasteiger charge is 2.58. The summed E-state index contributed by atoms with van der Waals surface area (Å²) in [7, 11) is 3.54. The molecule has 3 heteroatoms. The van der Waals surface area contributed by atoms with Crippen molar-refractivity contribution < 1.29 is 4.74 Å². The fourth-order valence-electron chi connectivity index (χ4n) is 9.79. The molecule has 0 aliphatic heterocycles. The number of rotatable bonds is 7. The van der Waals surface area contributed by atoms with E-state index < -0.39 is 0 Å². The second-order valence-corrected chi connectivity index (χ2v) is 14.0. The third kappa shape index (κ3) is 10.9. The highest BCUT2D eigenvalue weighted by molar-refractivity contribution is 5.83. The second-order valence-electron chi connectivity index (χ2n) is 14.0. The lowest BCUT2D eigenvalue weighted by atomic mass is 9.49. The van der Waals surface area contributed by atoms with Crippen LogP contribution in [-0.4, -0.2) is 27.0 Å². The Morgan fingerprint density at radius 2 is 1.55 bits per heavy atom. The first-order chi connectivity index (χ1) is 21.2. The number of allylic oxidation sites excluding steroid dienone is 3. The molecule has 3 nitrogen and oxygen atoms in total. The van der Waals surface area contributed by atoms with E-state index in [9.17, 15) is 0 Å². The van der Waals surface area contributed by atoms with Crippen LogP contribution >= 0.6 is 0 Å². The fraction of sp³-hybridized carbons (Fsp3) is 0.854. The molecule has 0 bridgehead atoms. The molecule has 0 spiro atoms. The summed E-state index contributed by atoms with van der Waals surface area (Å²) in [5.74, 6) is 6.61. The van der Waals surface area contributed by atoms with Crippen LogP contribution in [0.15, 0.2) is 28.8 Å². The average molecular weight is 613 g/mol. The Labute approximate surface area is 276 Å². The van der Waals surface area contributed by atoms with Gasteiger partial charge in [0.05, 0.1) is 12.2 Å². The molecule has 8 atom stereocenters. The van der Waals surface area contributed by atoms with E-state index in [0.29, 0.717) is 16.4 Å². The van der Waals surface area contributed by atoms with Gasteiger partial charge in [0.25, 0.3) is 0 Å². The molecule has 0 aromatic heterocycles. The molecule has 0 radical (unpaired) electrons. The molecule has 7 unspecified atom stereocenters. The maximum atomic E-state index is 8.25. The van der Waals surface area contributed by atoms with Crippen molar-refractivity contribution in [3.8, 4) is 6.07 Å². The molecule has 0 saturated heterocycles. The van der Waals surface area contributed by atoms with Gasteiger partial charge < -0.3 is 4.74 Å².